The number of aromatic amines is 1. The molecule has 7 heteroatoms. The van der Waals surface area contributed by atoms with E-state index in [1.54, 1.807) is 0 Å². The zero-order valence-electron chi connectivity index (χ0n) is 20.3. The van der Waals surface area contributed by atoms with E-state index in [4.69, 9.17) is 4.99 Å². The predicted octanol–water partition coefficient (Wildman–Crippen LogP) is 4.35. The van der Waals surface area contributed by atoms with Gasteiger partial charge in [0.1, 0.15) is 0 Å². The van der Waals surface area contributed by atoms with Crippen LogP contribution in [0.2, 0.25) is 0 Å². The van der Waals surface area contributed by atoms with Gasteiger partial charge in [-0.05, 0) is 61.4 Å². The quantitative estimate of drug-likeness (QED) is 0.183. The maximum Gasteiger partial charge on any atom is 0.191 e. The molecule has 1 aliphatic rings. The van der Waals surface area contributed by atoms with Crippen LogP contribution in [0.3, 0.4) is 0 Å². The molecule has 3 aromatic rings. The summed E-state index contributed by atoms with van der Waals surface area (Å²) in [5.41, 5.74) is 6.37. The smallest absolute Gasteiger partial charge is 0.191 e. The van der Waals surface area contributed by atoms with E-state index in [0.29, 0.717) is 6.54 Å². The number of nitrogens with zero attached hydrogens (tertiary/aromatic N) is 2. The van der Waals surface area contributed by atoms with Gasteiger partial charge in [-0.3, -0.25) is 4.90 Å². The molecular formula is C27H38IN5O. The molecule has 0 unspecified atom stereocenters. The number of likely N-dealkylation sites (tertiary alicyclic amines) is 1. The first-order chi connectivity index (χ1) is 16.1. The lowest BCUT2D eigenvalue weighted by atomic mass is 10.1. The summed E-state index contributed by atoms with van der Waals surface area (Å²) >= 11 is 0. The van der Waals surface area contributed by atoms with Gasteiger partial charge in [0.15, 0.2) is 5.96 Å². The van der Waals surface area contributed by atoms with Crippen LogP contribution in [0.5, 0.6) is 0 Å². The van der Waals surface area contributed by atoms with Crippen LogP contribution in [0.15, 0.2) is 53.7 Å². The molecule has 0 aliphatic carbocycles. The lowest BCUT2D eigenvalue weighted by Gasteiger charge is -2.29. The van der Waals surface area contributed by atoms with Crippen molar-refractivity contribution >= 4 is 40.8 Å². The monoisotopic (exact) mass is 575 g/mol. The second-order valence-corrected chi connectivity index (χ2v) is 9.01. The number of aliphatic hydroxyl groups excluding tert-OH is 1. The van der Waals surface area contributed by atoms with Crippen LogP contribution in [-0.2, 0) is 19.5 Å². The van der Waals surface area contributed by atoms with Crippen LogP contribution in [-0.4, -0.2) is 53.2 Å². The number of fused-ring (bicyclic) bond motifs is 1. The Hall–Kier alpha value is -2.10. The Kier molecular flexibility index (Phi) is 10.2. The van der Waals surface area contributed by atoms with Gasteiger partial charge < -0.3 is 20.7 Å². The highest BCUT2D eigenvalue weighted by Crippen LogP contribution is 2.22. The molecule has 0 bridgehead atoms. The largest absolute Gasteiger partial charge is 0.393 e. The number of aliphatic imine (C=N–C) groups is 1. The number of nitrogens with one attached hydrogen (secondary N) is 3. The molecule has 4 rings (SSSR count). The standard InChI is InChI=1S/C27H37N5O.HI/c1-3-28-27(29-14-11-23-18-30-25-6-4-5-20(2)26(23)25)31-17-21-7-9-22(10-8-21)19-32-15-12-24(33)13-16-32;/h4-10,18,24,30,33H,3,11-17,19H2,1-2H3,(H2,28,29,31);1H. The van der Waals surface area contributed by atoms with E-state index in [-0.39, 0.29) is 30.1 Å². The molecule has 1 aromatic heterocycles. The Morgan fingerprint density at radius 3 is 2.56 bits per heavy atom. The van der Waals surface area contributed by atoms with Crippen molar-refractivity contribution in [3.63, 3.8) is 0 Å². The van der Waals surface area contributed by atoms with Gasteiger partial charge >= 0.3 is 0 Å². The molecule has 6 nitrogen and oxygen atoms in total. The molecule has 0 radical (unpaired) electrons. The van der Waals surface area contributed by atoms with Gasteiger partial charge in [0.25, 0.3) is 0 Å². The number of hydrogen-bond acceptors (Lipinski definition) is 3. The second-order valence-electron chi connectivity index (χ2n) is 9.01. The van der Waals surface area contributed by atoms with Crippen molar-refractivity contribution in [3.8, 4) is 0 Å². The van der Waals surface area contributed by atoms with Crippen molar-refractivity contribution < 1.29 is 5.11 Å². The van der Waals surface area contributed by atoms with Crippen molar-refractivity contribution in [2.75, 3.05) is 26.2 Å². The maximum absolute atomic E-state index is 9.68. The summed E-state index contributed by atoms with van der Waals surface area (Å²) in [6.07, 6.45) is 4.71. The minimum absolute atomic E-state index is 0. The molecule has 0 spiro atoms. The lowest BCUT2D eigenvalue weighted by molar-refractivity contribution is 0.0792. The zero-order valence-corrected chi connectivity index (χ0v) is 22.6. The van der Waals surface area contributed by atoms with Gasteiger partial charge in [0, 0.05) is 49.8 Å². The fourth-order valence-electron chi connectivity index (χ4n) is 4.56. The minimum Gasteiger partial charge on any atom is -0.393 e. The molecule has 2 aromatic carbocycles. The summed E-state index contributed by atoms with van der Waals surface area (Å²) in [5.74, 6) is 0.852. The zero-order chi connectivity index (χ0) is 23.0. The number of guanidine groups is 1. The van der Waals surface area contributed by atoms with Crippen LogP contribution >= 0.6 is 24.0 Å². The van der Waals surface area contributed by atoms with Gasteiger partial charge in [0.2, 0.25) is 0 Å². The third-order valence-corrected chi connectivity index (χ3v) is 6.43. The Morgan fingerprint density at radius 1 is 1.09 bits per heavy atom. The summed E-state index contributed by atoms with van der Waals surface area (Å²) in [7, 11) is 0. The van der Waals surface area contributed by atoms with E-state index in [2.05, 4.69) is 83.0 Å². The van der Waals surface area contributed by atoms with Crippen LogP contribution < -0.4 is 10.6 Å². The Bertz CT molecular complexity index is 1050. The van der Waals surface area contributed by atoms with Crippen LogP contribution in [0.1, 0.15) is 42.0 Å². The molecule has 0 amide bonds. The molecule has 4 N–H and O–H groups in total. The molecule has 0 saturated carbocycles. The van der Waals surface area contributed by atoms with E-state index in [9.17, 15) is 5.11 Å². The van der Waals surface area contributed by atoms with E-state index < -0.39 is 0 Å². The number of rotatable bonds is 8. The van der Waals surface area contributed by atoms with E-state index in [1.165, 1.54) is 33.2 Å². The first-order valence-electron chi connectivity index (χ1n) is 12.2. The number of aromatic nitrogens is 1. The third-order valence-electron chi connectivity index (χ3n) is 6.43. The average molecular weight is 576 g/mol. The lowest BCUT2D eigenvalue weighted by Crippen LogP contribution is -2.38. The highest BCUT2D eigenvalue weighted by atomic mass is 127. The molecule has 1 saturated heterocycles. The molecule has 0 atom stereocenters. The SMILES string of the molecule is CCNC(=NCc1ccc(CN2CCC(O)CC2)cc1)NCCc1c[nH]c2cccc(C)c12.I. The minimum atomic E-state index is -0.118. The number of H-pyrrole nitrogens is 1. The summed E-state index contributed by atoms with van der Waals surface area (Å²) in [6.45, 7) is 9.48. The summed E-state index contributed by atoms with van der Waals surface area (Å²) in [4.78, 5) is 10.6. The van der Waals surface area contributed by atoms with Crippen LogP contribution in [0.4, 0.5) is 0 Å². The number of benzene rings is 2. The maximum atomic E-state index is 9.68. The van der Waals surface area contributed by atoms with E-state index in [0.717, 1.165) is 57.9 Å². The van der Waals surface area contributed by atoms with Crippen molar-refractivity contribution in [2.24, 2.45) is 4.99 Å². The van der Waals surface area contributed by atoms with Gasteiger partial charge in [-0.15, -0.1) is 24.0 Å². The Morgan fingerprint density at radius 2 is 1.82 bits per heavy atom. The van der Waals surface area contributed by atoms with Crippen molar-refractivity contribution in [2.45, 2.75) is 52.3 Å². The number of aryl methyl sites for hydroxylation is 1. The van der Waals surface area contributed by atoms with Crippen molar-refractivity contribution in [3.05, 3.63) is 70.9 Å². The summed E-state index contributed by atoms with van der Waals surface area (Å²) in [5, 5.41) is 17.8. The highest BCUT2D eigenvalue weighted by molar-refractivity contribution is 14.0. The first-order valence-corrected chi connectivity index (χ1v) is 12.2. The molecule has 2 heterocycles. The topological polar surface area (TPSA) is 75.7 Å². The summed E-state index contributed by atoms with van der Waals surface area (Å²) < 4.78 is 0. The number of piperidine rings is 1. The highest BCUT2D eigenvalue weighted by Gasteiger charge is 2.16. The van der Waals surface area contributed by atoms with Gasteiger partial charge in [-0.25, -0.2) is 4.99 Å². The van der Waals surface area contributed by atoms with Gasteiger partial charge in [-0.1, -0.05) is 36.4 Å². The van der Waals surface area contributed by atoms with Crippen LogP contribution in [0.25, 0.3) is 10.9 Å². The van der Waals surface area contributed by atoms with Crippen molar-refractivity contribution in [1.29, 1.82) is 0 Å². The van der Waals surface area contributed by atoms with E-state index >= 15 is 0 Å². The summed E-state index contributed by atoms with van der Waals surface area (Å²) in [6, 6.07) is 15.2. The Labute approximate surface area is 220 Å². The second kappa shape index (κ2) is 13.1. The number of halogens is 1. The Balaban J connectivity index is 0.00000324. The predicted molar refractivity (Wildman–Crippen MR) is 152 cm³/mol. The van der Waals surface area contributed by atoms with E-state index in [1.807, 2.05) is 0 Å². The van der Waals surface area contributed by atoms with Gasteiger partial charge in [-0.2, -0.15) is 0 Å². The normalized spacial score (nSPS) is 15.3. The molecule has 1 fully saturated rings. The van der Waals surface area contributed by atoms with Crippen molar-refractivity contribution in [1.82, 2.24) is 20.5 Å². The third kappa shape index (κ3) is 7.20. The molecule has 34 heavy (non-hydrogen) atoms. The number of hydrogen-bond donors (Lipinski definition) is 4. The molecule has 184 valence electrons. The first kappa shape index (κ1) is 26.5. The molecular weight excluding hydrogens is 537 g/mol. The molecule has 1 aliphatic heterocycles. The van der Waals surface area contributed by atoms with Gasteiger partial charge in [0.05, 0.1) is 12.6 Å². The van der Waals surface area contributed by atoms with Crippen LogP contribution in [0, 0.1) is 6.92 Å². The fourth-order valence-corrected chi connectivity index (χ4v) is 4.56. The fraction of sp³-hybridized carbons (Fsp3) is 0.444. The number of aliphatic hydroxyl groups is 1. The average Bonchev–Trinajstić information content (AvgIpc) is 3.24.